The fourth-order valence-corrected chi connectivity index (χ4v) is 4.03. The number of ether oxygens (including phenoxy) is 1. The molecule has 0 unspecified atom stereocenters. The minimum absolute atomic E-state index is 0.191. The van der Waals surface area contributed by atoms with Crippen LogP contribution in [0.4, 0.5) is 5.69 Å². The average Bonchev–Trinajstić information content (AvgIpc) is 3.19. The van der Waals surface area contributed by atoms with Gasteiger partial charge in [0.05, 0.1) is 24.5 Å². The Labute approximate surface area is 176 Å². The summed E-state index contributed by atoms with van der Waals surface area (Å²) >= 11 is 1.53. The van der Waals surface area contributed by atoms with Crippen LogP contribution in [0.25, 0.3) is 32.6 Å². The highest BCUT2D eigenvalue weighted by Gasteiger charge is 2.26. The Morgan fingerprint density at radius 1 is 1.20 bits per heavy atom. The normalized spacial score (nSPS) is 10.8. The summed E-state index contributed by atoms with van der Waals surface area (Å²) in [5.74, 6) is 0.376. The second-order valence-electron chi connectivity index (χ2n) is 6.53. The Morgan fingerprint density at radius 3 is 2.73 bits per heavy atom. The fraction of sp³-hybridized carbons (Fsp3) is 0.100. The van der Waals surface area contributed by atoms with Crippen LogP contribution >= 0.6 is 11.3 Å². The van der Waals surface area contributed by atoms with Crippen LogP contribution in [0.2, 0.25) is 0 Å². The number of thiazole rings is 1. The molecule has 0 bridgehead atoms. The van der Waals surface area contributed by atoms with Crippen molar-refractivity contribution < 1.29 is 19.2 Å². The molecule has 3 N–H and O–H groups in total. The molecule has 4 rings (SSSR count). The number of aryl methyl sites for hydroxylation is 1. The zero-order valence-electron chi connectivity index (χ0n) is 16.2. The van der Waals surface area contributed by atoms with E-state index in [1.165, 1.54) is 24.6 Å². The Kier molecular flexibility index (Phi) is 5.34. The number of carbonyl (C=O) groups is 1. The molecule has 0 aliphatic heterocycles. The van der Waals surface area contributed by atoms with Crippen LogP contribution in [-0.4, -0.2) is 40.9 Å². The van der Waals surface area contributed by atoms with Gasteiger partial charge in [0.2, 0.25) is 0 Å². The van der Waals surface area contributed by atoms with Crippen LogP contribution in [0.5, 0.6) is 5.75 Å². The van der Waals surface area contributed by atoms with E-state index < -0.39 is 7.12 Å². The molecule has 4 aromatic rings. The first kappa shape index (κ1) is 19.8. The van der Waals surface area contributed by atoms with Gasteiger partial charge in [-0.05, 0) is 42.3 Å². The van der Waals surface area contributed by atoms with E-state index in [1.54, 1.807) is 18.3 Å². The van der Waals surface area contributed by atoms with E-state index in [0.717, 1.165) is 32.0 Å². The molecular formula is C20H17BN4O4S. The van der Waals surface area contributed by atoms with E-state index in [2.05, 4.69) is 15.2 Å². The highest BCUT2D eigenvalue weighted by Crippen LogP contribution is 2.37. The topological polar surface area (TPSA) is 120 Å². The summed E-state index contributed by atoms with van der Waals surface area (Å²) in [6.45, 7) is 2.17. The lowest BCUT2D eigenvalue weighted by atomic mass is 9.76. The molecule has 0 radical (unpaired) electrons. The van der Waals surface area contributed by atoms with Gasteiger partial charge in [-0.1, -0.05) is 6.07 Å². The number of hydrogen-bond donors (Lipinski definition) is 2. The third-order valence-corrected chi connectivity index (χ3v) is 5.60. The predicted octanol–water partition coefficient (Wildman–Crippen LogP) is 2.18. The van der Waals surface area contributed by atoms with Crippen molar-refractivity contribution in [1.29, 1.82) is 0 Å². The van der Waals surface area contributed by atoms with E-state index >= 15 is 0 Å². The molecule has 0 aliphatic carbocycles. The number of nitrogen functional groups attached to an aromatic ring is 1. The van der Waals surface area contributed by atoms with Crippen molar-refractivity contribution in [1.82, 2.24) is 15.2 Å². The van der Waals surface area contributed by atoms with Gasteiger partial charge in [-0.15, -0.1) is 11.3 Å². The van der Waals surface area contributed by atoms with Crippen LogP contribution in [0.1, 0.15) is 4.88 Å². The maximum absolute atomic E-state index is 10.8. The molecule has 2 heterocycles. The van der Waals surface area contributed by atoms with Crippen molar-refractivity contribution in [3.8, 4) is 27.4 Å². The van der Waals surface area contributed by atoms with Gasteiger partial charge in [-0.25, -0.2) is 4.98 Å². The van der Waals surface area contributed by atoms with Gasteiger partial charge in [0.15, 0.2) is 0 Å². The lowest BCUT2D eigenvalue weighted by molar-refractivity contribution is -0.121. The number of aromatic nitrogens is 3. The lowest BCUT2D eigenvalue weighted by Crippen LogP contribution is -2.34. The van der Waals surface area contributed by atoms with Gasteiger partial charge in [-0.2, -0.15) is 10.2 Å². The van der Waals surface area contributed by atoms with Gasteiger partial charge in [0.1, 0.15) is 10.8 Å². The van der Waals surface area contributed by atoms with Gasteiger partial charge in [0.25, 0.3) is 6.47 Å². The number of benzene rings is 2. The second kappa shape index (κ2) is 8.09. The lowest BCUT2D eigenvalue weighted by Gasteiger charge is -2.16. The number of carbonyl (C=O) groups excluding carboxylic acids is 1. The van der Waals surface area contributed by atoms with E-state index in [9.17, 15) is 9.82 Å². The Morgan fingerprint density at radius 2 is 2.03 bits per heavy atom. The van der Waals surface area contributed by atoms with E-state index in [4.69, 9.17) is 15.1 Å². The molecule has 0 spiro atoms. The molecule has 0 atom stereocenters. The molecule has 2 aromatic carbocycles. The monoisotopic (exact) mass is 420 g/mol. The third kappa shape index (κ3) is 3.58. The van der Waals surface area contributed by atoms with Crippen LogP contribution in [0, 0.1) is 6.92 Å². The van der Waals surface area contributed by atoms with Crippen molar-refractivity contribution in [2.75, 3.05) is 12.8 Å². The number of hydrogen-bond acceptors (Lipinski definition) is 9. The van der Waals surface area contributed by atoms with Crippen LogP contribution < -0.4 is 15.9 Å². The van der Waals surface area contributed by atoms with Crippen LogP contribution in [-0.2, 0) is 9.45 Å². The van der Waals surface area contributed by atoms with E-state index in [1.807, 2.05) is 25.1 Å². The van der Waals surface area contributed by atoms with E-state index in [-0.39, 0.29) is 6.47 Å². The number of rotatable bonds is 6. The van der Waals surface area contributed by atoms with Gasteiger partial charge >= 0.3 is 7.12 Å². The van der Waals surface area contributed by atoms with Gasteiger partial charge in [-0.3, -0.25) is 4.79 Å². The highest BCUT2D eigenvalue weighted by molar-refractivity contribution is 7.15. The minimum atomic E-state index is -1.47. The van der Waals surface area contributed by atoms with Crippen molar-refractivity contribution in [3.63, 3.8) is 0 Å². The van der Waals surface area contributed by atoms with Gasteiger partial charge < -0.3 is 20.1 Å². The first-order chi connectivity index (χ1) is 14.5. The minimum Gasteiger partial charge on any atom is -0.508 e. The SMILES string of the molecule is COc1cc(-c2ncc(C)s2)c(-c2ccc3c(N)cnnc3c2)cc1B(O)OC=O. The number of methoxy groups -OCH3 is 1. The summed E-state index contributed by atoms with van der Waals surface area (Å²) in [5, 5.41) is 20.0. The zero-order chi connectivity index (χ0) is 21.3. The van der Waals surface area contributed by atoms with Crippen molar-refractivity contribution in [2.24, 2.45) is 0 Å². The standard InChI is InChI=1S/C20H17BN4O4S/c1-11-8-23-20(30-11)15-7-19(28-2)16(21(27)29-10-26)6-14(15)12-3-4-13-17(22)9-24-25-18(13)5-12/h3-10,27H,1-2H3,(H2,22,25). The van der Waals surface area contributed by atoms with Crippen molar-refractivity contribution in [3.05, 3.63) is 47.6 Å². The first-order valence-corrected chi connectivity index (χ1v) is 9.76. The molecule has 0 saturated carbocycles. The molecule has 150 valence electrons. The quantitative estimate of drug-likeness (QED) is 0.360. The predicted molar refractivity (Wildman–Crippen MR) is 117 cm³/mol. The third-order valence-electron chi connectivity index (χ3n) is 4.65. The maximum atomic E-state index is 10.8. The van der Waals surface area contributed by atoms with Crippen LogP contribution in [0.15, 0.2) is 42.7 Å². The molecule has 0 fully saturated rings. The van der Waals surface area contributed by atoms with Crippen molar-refractivity contribution in [2.45, 2.75) is 6.92 Å². The molecule has 0 aliphatic rings. The molecule has 30 heavy (non-hydrogen) atoms. The average molecular weight is 420 g/mol. The molecule has 8 nitrogen and oxygen atoms in total. The number of nitrogens with zero attached hydrogens (tertiary/aromatic N) is 3. The summed E-state index contributed by atoms with van der Waals surface area (Å²) in [6.07, 6.45) is 3.30. The smallest absolute Gasteiger partial charge is 0.508 e. The summed E-state index contributed by atoms with van der Waals surface area (Å²) in [7, 11) is 0.0106. The molecular weight excluding hydrogens is 403 g/mol. The Balaban J connectivity index is 1.98. The molecule has 0 amide bonds. The Hall–Kier alpha value is -3.50. The second-order valence-corrected chi connectivity index (χ2v) is 7.77. The fourth-order valence-electron chi connectivity index (χ4n) is 3.24. The van der Waals surface area contributed by atoms with Crippen LogP contribution in [0.3, 0.4) is 0 Å². The van der Waals surface area contributed by atoms with Crippen molar-refractivity contribution >= 4 is 47.0 Å². The maximum Gasteiger partial charge on any atom is 0.565 e. The summed E-state index contributed by atoms with van der Waals surface area (Å²) in [6, 6.07) is 9.13. The Bertz CT molecular complexity index is 1250. The summed E-state index contributed by atoms with van der Waals surface area (Å²) in [4.78, 5) is 16.3. The molecule has 10 heteroatoms. The largest absolute Gasteiger partial charge is 0.565 e. The highest BCUT2D eigenvalue weighted by atomic mass is 32.1. The number of fused-ring (bicyclic) bond motifs is 1. The van der Waals surface area contributed by atoms with Gasteiger partial charge in [0, 0.05) is 27.5 Å². The van der Waals surface area contributed by atoms with E-state index in [0.29, 0.717) is 22.4 Å². The zero-order valence-corrected chi connectivity index (χ0v) is 17.0. The molecule has 0 saturated heterocycles. The summed E-state index contributed by atoms with van der Waals surface area (Å²) < 4.78 is 10.2. The molecule has 2 aromatic heterocycles. The number of anilines is 1. The number of nitrogens with two attached hydrogens (primary N) is 1. The first-order valence-electron chi connectivity index (χ1n) is 8.95. The summed E-state index contributed by atoms with van der Waals surface area (Å²) in [5.41, 5.74) is 9.86.